The molecule has 3 heterocycles. The molecule has 2 aromatic heterocycles. The Morgan fingerprint density at radius 3 is 2.17 bits per heavy atom. The molecule has 0 unspecified atom stereocenters. The lowest BCUT2D eigenvalue weighted by Crippen LogP contribution is -2.51. The van der Waals surface area contributed by atoms with Crippen LogP contribution in [-0.2, 0) is 6.54 Å². The standard InChI is InChI=1S/C30H43N3O2Si/c1-21(2)36(22(3)4,23(5)6)33-18-15-26-28(27(35-7)19-31-30(26)33)29(34)25-13-16-32(17-14-25)20-24-11-9-8-10-12-24/h8-12,15,18-19,21-23,25H,13-14,16-17,20H2,1-7H3. The Morgan fingerprint density at radius 1 is 1.00 bits per heavy atom. The normalized spacial score (nSPS) is 15.9. The average molecular weight is 506 g/mol. The van der Waals surface area contributed by atoms with Crippen LogP contribution in [0.15, 0.2) is 48.8 Å². The van der Waals surface area contributed by atoms with E-state index in [1.165, 1.54) is 5.56 Å². The monoisotopic (exact) mass is 505 g/mol. The smallest absolute Gasteiger partial charge is 0.171 e. The van der Waals surface area contributed by atoms with Gasteiger partial charge in [-0.3, -0.25) is 9.69 Å². The van der Waals surface area contributed by atoms with Crippen molar-refractivity contribution in [3.63, 3.8) is 0 Å². The van der Waals surface area contributed by atoms with Crippen molar-refractivity contribution in [3.05, 3.63) is 59.9 Å². The highest BCUT2D eigenvalue weighted by atomic mass is 28.3. The van der Waals surface area contributed by atoms with Gasteiger partial charge in [-0.2, -0.15) is 0 Å². The van der Waals surface area contributed by atoms with Gasteiger partial charge in [0.25, 0.3) is 0 Å². The van der Waals surface area contributed by atoms with Crippen molar-refractivity contribution in [2.75, 3.05) is 20.2 Å². The topological polar surface area (TPSA) is 47.4 Å². The Hall–Kier alpha value is -2.44. The minimum Gasteiger partial charge on any atom is -0.494 e. The minimum absolute atomic E-state index is 0.0159. The number of rotatable bonds is 9. The number of hydrogen-bond donors (Lipinski definition) is 0. The first-order chi connectivity index (χ1) is 17.2. The van der Waals surface area contributed by atoms with Gasteiger partial charge in [0.2, 0.25) is 0 Å². The van der Waals surface area contributed by atoms with Crippen LogP contribution in [0.1, 0.15) is 70.3 Å². The highest BCUT2D eigenvalue weighted by Gasteiger charge is 2.46. The van der Waals surface area contributed by atoms with Gasteiger partial charge in [0, 0.05) is 17.8 Å². The molecule has 1 aliphatic heterocycles. The van der Waals surface area contributed by atoms with E-state index in [1.807, 2.05) is 0 Å². The fourth-order valence-electron chi connectivity index (χ4n) is 7.02. The summed E-state index contributed by atoms with van der Waals surface area (Å²) in [6.45, 7) is 17.0. The molecular weight excluding hydrogens is 462 g/mol. The summed E-state index contributed by atoms with van der Waals surface area (Å²) in [5.41, 5.74) is 4.64. The molecule has 1 aromatic carbocycles. The minimum atomic E-state index is -1.99. The van der Waals surface area contributed by atoms with E-state index in [4.69, 9.17) is 9.72 Å². The maximum absolute atomic E-state index is 14.0. The zero-order valence-electron chi connectivity index (χ0n) is 23.1. The van der Waals surface area contributed by atoms with E-state index in [-0.39, 0.29) is 11.7 Å². The maximum atomic E-state index is 14.0. The lowest BCUT2D eigenvalue weighted by molar-refractivity contribution is 0.0833. The Morgan fingerprint density at radius 2 is 1.61 bits per heavy atom. The molecule has 0 atom stereocenters. The number of benzene rings is 1. The third kappa shape index (κ3) is 4.66. The van der Waals surface area contributed by atoms with Gasteiger partial charge in [0.1, 0.15) is 11.4 Å². The van der Waals surface area contributed by atoms with Crippen molar-refractivity contribution >= 4 is 25.1 Å². The van der Waals surface area contributed by atoms with E-state index < -0.39 is 8.24 Å². The second kappa shape index (κ2) is 10.9. The number of piperidine rings is 1. The summed E-state index contributed by atoms with van der Waals surface area (Å²) < 4.78 is 8.20. The Kier molecular flexibility index (Phi) is 8.05. The molecule has 5 nitrogen and oxygen atoms in total. The molecule has 3 aromatic rings. The number of methoxy groups -OCH3 is 1. The molecule has 0 saturated carbocycles. The zero-order valence-corrected chi connectivity index (χ0v) is 24.1. The first kappa shape index (κ1) is 26.6. The van der Waals surface area contributed by atoms with Crippen LogP contribution in [0.5, 0.6) is 5.75 Å². The number of nitrogens with zero attached hydrogens (tertiary/aromatic N) is 3. The Bertz CT molecular complexity index is 1160. The first-order valence-corrected chi connectivity index (χ1v) is 15.7. The number of carbonyl (C=O) groups excluding carboxylic acids is 1. The maximum Gasteiger partial charge on any atom is 0.171 e. The molecule has 0 spiro atoms. The van der Waals surface area contributed by atoms with Gasteiger partial charge < -0.3 is 8.97 Å². The Balaban J connectivity index is 1.66. The number of likely N-dealkylation sites (tertiary alicyclic amines) is 1. The molecule has 0 amide bonds. The number of carbonyl (C=O) groups is 1. The number of hydrogen-bond acceptors (Lipinski definition) is 4. The summed E-state index contributed by atoms with van der Waals surface area (Å²) in [5, 5.41) is 0.949. The molecule has 0 aliphatic carbocycles. The lowest BCUT2D eigenvalue weighted by atomic mass is 9.87. The molecule has 1 aliphatic rings. The second-order valence-corrected chi connectivity index (χ2v) is 17.1. The van der Waals surface area contributed by atoms with Crippen LogP contribution >= 0.6 is 0 Å². The number of ketones is 1. The van der Waals surface area contributed by atoms with E-state index in [0.717, 1.165) is 49.1 Å². The van der Waals surface area contributed by atoms with E-state index in [0.29, 0.717) is 22.4 Å². The average Bonchev–Trinajstić information content (AvgIpc) is 3.28. The fourth-order valence-corrected chi connectivity index (χ4v) is 13.6. The highest BCUT2D eigenvalue weighted by Crippen LogP contribution is 2.45. The SMILES string of the molecule is COc1cnc2c(ccn2[Si](C(C)C)(C(C)C)C(C)C)c1C(=O)C1CCN(Cc2ccccc2)CC1. The number of ether oxygens (including phenoxy) is 1. The second-order valence-electron chi connectivity index (χ2n) is 11.4. The largest absolute Gasteiger partial charge is 0.494 e. The van der Waals surface area contributed by atoms with Crippen LogP contribution in [0.25, 0.3) is 11.0 Å². The molecule has 1 fully saturated rings. The van der Waals surface area contributed by atoms with Gasteiger partial charge in [0.05, 0.1) is 18.9 Å². The van der Waals surface area contributed by atoms with Crippen molar-refractivity contribution in [2.45, 2.75) is 77.6 Å². The van der Waals surface area contributed by atoms with Crippen LogP contribution in [0.3, 0.4) is 0 Å². The van der Waals surface area contributed by atoms with E-state index in [9.17, 15) is 4.79 Å². The van der Waals surface area contributed by atoms with Gasteiger partial charge in [-0.05, 0) is 60.4 Å². The van der Waals surface area contributed by atoms with Crippen molar-refractivity contribution < 1.29 is 9.53 Å². The summed E-state index contributed by atoms with van der Waals surface area (Å²) in [7, 11) is -0.344. The third-order valence-corrected chi connectivity index (χ3v) is 15.3. The highest BCUT2D eigenvalue weighted by molar-refractivity contribution is 6.82. The van der Waals surface area contributed by atoms with Crippen LogP contribution in [0, 0.1) is 5.92 Å². The van der Waals surface area contributed by atoms with Gasteiger partial charge in [0.15, 0.2) is 14.0 Å². The van der Waals surface area contributed by atoms with E-state index in [1.54, 1.807) is 13.3 Å². The van der Waals surface area contributed by atoms with Gasteiger partial charge >= 0.3 is 0 Å². The molecule has 6 heteroatoms. The predicted molar refractivity (Wildman–Crippen MR) is 152 cm³/mol. The quantitative estimate of drug-likeness (QED) is 0.229. The summed E-state index contributed by atoms with van der Waals surface area (Å²) in [4.78, 5) is 21.3. The molecule has 0 bridgehead atoms. The molecule has 0 radical (unpaired) electrons. The summed E-state index contributed by atoms with van der Waals surface area (Å²) >= 11 is 0. The van der Waals surface area contributed by atoms with Crippen molar-refractivity contribution in [1.29, 1.82) is 0 Å². The third-order valence-electron chi connectivity index (χ3n) is 8.54. The van der Waals surface area contributed by atoms with Gasteiger partial charge in [-0.25, -0.2) is 4.98 Å². The van der Waals surface area contributed by atoms with Crippen molar-refractivity contribution in [3.8, 4) is 5.75 Å². The summed E-state index contributed by atoms with van der Waals surface area (Å²) in [6.07, 6.45) is 5.74. The molecule has 194 valence electrons. The fraction of sp³-hybridized carbons (Fsp3) is 0.533. The van der Waals surface area contributed by atoms with Crippen LogP contribution in [0.4, 0.5) is 0 Å². The molecule has 1 saturated heterocycles. The van der Waals surface area contributed by atoms with Crippen LogP contribution in [-0.4, -0.2) is 48.3 Å². The van der Waals surface area contributed by atoms with Crippen molar-refractivity contribution in [1.82, 2.24) is 14.1 Å². The van der Waals surface area contributed by atoms with Gasteiger partial charge in [-0.15, -0.1) is 0 Å². The van der Waals surface area contributed by atoms with Crippen molar-refractivity contribution in [2.24, 2.45) is 5.92 Å². The molecule has 36 heavy (non-hydrogen) atoms. The van der Waals surface area contributed by atoms with E-state index in [2.05, 4.69) is 93.3 Å². The number of pyridine rings is 1. The number of aromatic nitrogens is 2. The summed E-state index contributed by atoms with van der Waals surface area (Å²) in [6, 6.07) is 12.7. The molecular formula is C30H43N3O2Si. The zero-order chi connectivity index (χ0) is 26.0. The van der Waals surface area contributed by atoms with Gasteiger partial charge in [-0.1, -0.05) is 71.9 Å². The molecule has 0 N–H and O–H groups in total. The summed E-state index contributed by atoms with van der Waals surface area (Å²) in [5.74, 6) is 0.826. The lowest BCUT2D eigenvalue weighted by Gasteiger charge is -2.44. The number of fused-ring (bicyclic) bond motifs is 1. The van der Waals surface area contributed by atoms with Crippen LogP contribution < -0.4 is 4.74 Å². The predicted octanol–water partition coefficient (Wildman–Crippen LogP) is 7.16. The van der Waals surface area contributed by atoms with Crippen LogP contribution in [0.2, 0.25) is 16.6 Å². The van der Waals surface area contributed by atoms with E-state index >= 15 is 0 Å². The molecule has 4 rings (SSSR count). The Labute approximate surface area is 218 Å². The first-order valence-electron chi connectivity index (χ1n) is 13.6. The number of Topliss-reactive ketones (excluding diaryl/α,β-unsaturated/α-hetero) is 1.